The van der Waals surface area contributed by atoms with Crippen molar-refractivity contribution < 1.29 is 29.6 Å². The summed E-state index contributed by atoms with van der Waals surface area (Å²) in [5.74, 6) is -2.59. The monoisotopic (exact) mass is 267 g/mol. The Bertz CT molecular complexity index is 533. The van der Waals surface area contributed by atoms with Crippen molar-refractivity contribution in [1.82, 2.24) is 0 Å². The molecule has 1 fully saturated rings. The Morgan fingerprint density at radius 2 is 2.26 bits per heavy atom. The van der Waals surface area contributed by atoms with Crippen molar-refractivity contribution in [2.75, 3.05) is 11.9 Å². The molecule has 0 amide bonds. The molecule has 7 nitrogen and oxygen atoms in total. The molecule has 1 unspecified atom stereocenters. The molecule has 0 aliphatic carbocycles. The van der Waals surface area contributed by atoms with Gasteiger partial charge in [-0.05, 0) is 12.1 Å². The molecule has 0 saturated carbocycles. The van der Waals surface area contributed by atoms with Gasteiger partial charge in [-0.15, -0.1) is 0 Å². The quantitative estimate of drug-likeness (QED) is 0.566. The molecule has 3 rings (SSSR count). The molecular weight excluding hydrogens is 254 g/mol. The van der Waals surface area contributed by atoms with Gasteiger partial charge in [0.25, 0.3) is 5.79 Å². The second kappa shape index (κ2) is 4.09. The normalized spacial score (nSPS) is 32.5. The first kappa shape index (κ1) is 12.2. The number of aromatic carboxylic acids is 1. The summed E-state index contributed by atoms with van der Waals surface area (Å²) in [6.45, 7) is 0.0495. The highest BCUT2D eigenvalue weighted by atomic mass is 16.7. The van der Waals surface area contributed by atoms with E-state index in [0.717, 1.165) is 0 Å². The average Bonchev–Trinajstić information content (AvgIpc) is 2.34. The fraction of sp³-hybridized carbons (Fsp3) is 0.417. The minimum Gasteiger partial charge on any atom is -0.478 e. The van der Waals surface area contributed by atoms with Crippen LogP contribution in [-0.4, -0.2) is 46.0 Å². The third-order valence-electron chi connectivity index (χ3n) is 3.21. The number of carboxylic acid groups (broad SMARTS) is 1. The van der Waals surface area contributed by atoms with Crippen molar-refractivity contribution in [2.24, 2.45) is 0 Å². The first-order valence-corrected chi connectivity index (χ1v) is 5.83. The zero-order valence-corrected chi connectivity index (χ0v) is 9.87. The summed E-state index contributed by atoms with van der Waals surface area (Å²) in [7, 11) is 0. The molecule has 102 valence electrons. The summed E-state index contributed by atoms with van der Waals surface area (Å²) in [6, 6.07) is 4.50. The van der Waals surface area contributed by atoms with E-state index in [4.69, 9.17) is 14.6 Å². The molecule has 0 radical (unpaired) electrons. The number of rotatable bonds is 1. The summed E-state index contributed by atoms with van der Waals surface area (Å²) < 4.78 is 10.7. The Morgan fingerprint density at radius 3 is 3.00 bits per heavy atom. The largest absolute Gasteiger partial charge is 0.478 e. The Hall–Kier alpha value is -1.83. The molecule has 2 aliphatic heterocycles. The highest BCUT2D eigenvalue weighted by molar-refractivity contribution is 5.96. The number of anilines is 1. The maximum absolute atomic E-state index is 11.1. The van der Waals surface area contributed by atoms with Crippen molar-refractivity contribution in [3.05, 3.63) is 23.8 Å². The minimum absolute atomic E-state index is 0.0125. The molecule has 19 heavy (non-hydrogen) atoms. The zero-order valence-electron chi connectivity index (χ0n) is 9.87. The lowest BCUT2D eigenvalue weighted by Gasteiger charge is -2.45. The smallest absolute Gasteiger partial charge is 0.337 e. The van der Waals surface area contributed by atoms with Crippen molar-refractivity contribution in [2.45, 2.75) is 24.5 Å². The molecule has 1 aromatic rings. The number of aliphatic hydroxyl groups is 2. The van der Waals surface area contributed by atoms with Crippen molar-refractivity contribution in [3.8, 4) is 5.75 Å². The van der Waals surface area contributed by atoms with Crippen molar-refractivity contribution in [3.63, 3.8) is 0 Å². The molecule has 0 spiro atoms. The van der Waals surface area contributed by atoms with Crippen molar-refractivity contribution >= 4 is 11.7 Å². The van der Waals surface area contributed by atoms with Gasteiger partial charge in [-0.25, -0.2) is 4.79 Å². The first-order chi connectivity index (χ1) is 8.99. The maximum Gasteiger partial charge on any atom is 0.337 e. The molecule has 0 bridgehead atoms. The van der Waals surface area contributed by atoms with Crippen LogP contribution in [0, 0.1) is 0 Å². The number of para-hydroxylation sites is 1. The summed E-state index contributed by atoms with van der Waals surface area (Å²) in [5, 5.41) is 31.8. The second-order valence-corrected chi connectivity index (χ2v) is 4.65. The Labute approximate surface area is 108 Å². The van der Waals surface area contributed by atoms with Gasteiger partial charge < -0.3 is 30.1 Å². The third kappa shape index (κ3) is 1.92. The summed E-state index contributed by atoms with van der Waals surface area (Å²) in [6.07, 6.45) is -1.75. The van der Waals surface area contributed by atoms with E-state index in [9.17, 15) is 15.0 Å². The Morgan fingerprint density at radius 1 is 1.47 bits per heavy atom. The van der Waals surface area contributed by atoms with Crippen LogP contribution in [0.5, 0.6) is 5.75 Å². The average molecular weight is 267 g/mol. The van der Waals surface area contributed by atoms with Crippen LogP contribution >= 0.6 is 0 Å². The van der Waals surface area contributed by atoms with Gasteiger partial charge in [0.15, 0.2) is 6.23 Å². The molecule has 1 aromatic carbocycles. The first-order valence-electron chi connectivity index (χ1n) is 5.83. The lowest BCUT2D eigenvalue weighted by Crippen LogP contribution is -2.61. The number of carbonyl (C=O) groups is 1. The fourth-order valence-electron chi connectivity index (χ4n) is 2.36. The predicted molar refractivity (Wildman–Crippen MR) is 63.0 cm³/mol. The van der Waals surface area contributed by atoms with Crippen LogP contribution in [0.3, 0.4) is 0 Å². The third-order valence-corrected chi connectivity index (χ3v) is 3.21. The van der Waals surface area contributed by atoms with Crippen molar-refractivity contribution in [1.29, 1.82) is 0 Å². The Balaban J connectivity index is 2.02. The van der Waals surface area contributed by atoms with Gasteiger partial charge in [-0.3, -0.25) is 0 Å². The molecule has 7 heteroatoms. The van der Waals surface area contributed by atoms with E-state index in [1.807, 2.05) is 0 Å². The molecule has 4 N–H and O–H groups in total. The maximum atomic E-state index is 11.1. The summed E-state index contributed by atoms with van der Waals surface area (Å²) >= 11 is 0. The lowest BCUT2D eigenvalue weighted by atomic mass is 10.0. The highest BCUT2D eigenvalue weighted by Crippen LogP contribution is 2.41. The van der Waals surface area contributed by atoms with Crippen LogP contribution in [0.2, 0.25) is 0 Å². The number of aliphatic hydroxyl groups excluding tert-OH is 1. The van der Waals surface area contributed by atoms with E-state index in [1.165, 1.54) is 12.1 Å². The van der Waals surface area contributed by atoms with Gasteiger partial charge in [-0.2, -0.15) is 0 Å². The van der Waals surface area contributed by atoms with E-state index >= 15 is 0 Å². The number of benzene rings is 1. The number of fused-ring (bicyclic) bond motifs is 2. The highest BCUT2D eigenvalue weighted by Gasteiger charge is 2.49. The van der Waals surface area contributed by atoms with E-state index in [0.29, 0.717) is 0 Å². The van der Waals surface area contributed by atoms with Crippen LogP contribution in [0.1, 0.15) is 16.8 Å². The molecule has 2 heterocycles. The number of ether oxygens (including phenoxy) is 2. The van der Waals surface area contributed by atoms with Crippen LogP contribution < -0.4 is 10.1 Å². The van der Waals surface area contributed by atoms with Gasteiger partial charge in [-0.1, -0.05) is 6.07 Å². The molecule has 0 aromatic heterocycles. The van der Waals surface area contributed by atoms with Crippen LogP contribution in [-0.2, 0) is 4.74 Å². The van der Waals surface area contributed by atoms with E-state index < -0.39 is 24.1 Å². The van der Waals surface area contributed by atoms with Crippen LogP contribution in [0.4, 0.5) is 5.69 Å². The van der Waals surface area contributed by atoms with Crippen LogP contribution in [0.15, 0.2) is 18.2 Å². The SMILES string of the molecule is O=C(O)c1cccc2c1N[C@H]1OC[C@H](O)CC1(O)O2. The fourth-order valence-corrected chi connectivity index (χ4v) is 2.36. The molecule has 1 saturated heterocycles. The Kier molecular flexibility index (Phi) is 2.63. The van der Waals surface area contributed by atoms with E-state index in [1.54, 1.807) is 6.07 Å². The minimum atomic E-state index is -1.71. The molecular formula is C12H13NO6. The van der Waals surface area contributed by atoms with Gasteiger partial charge >= 0.3 is 5.97 Å². The standard InChI is InChI=1S/C12H13NO6/c14-6-4-12(17)11(18-5-6)13-9-7(10(15)16)2-1-3-8(9)19-12/h1-3,6,11,13-14,17H,4-5H2,(H,15,16)/t6-,11+,12?/m1/s1. The predicted octanol–water partition coefficient (Wildman–Crippen LogP) is -0.0150. The van der Waals surface area contributed by atoms with E-state index in [2.05, 4.69) is 5.32 Å². The second-order valence-electron chi connectivity index (χ2n) is 4.65. The van der Waals surface area contributed by atoms with Gasteiger partial charge in [0.1, 0.15) is 5.75 Å². The van der Waals surface area contributed by atoms with Gasteiger partial charge in [0.05, 0.1) is 24.0 Å². The summed E-state index contributed by atoms with van der Waals surface area (Å²) in [4.78, 5) is 11.1. The number of hydrogen-bond acceptors (Lipinski definition) is 6. The summed E-state index contributed by atoms with van der Waals surface area (Å²) in [5.41, 5.74) is 0.301. The number of hydrogen-bond donors (Lipinski definition) is 4. The van der Waals surface area contributed by atoms with Gasteiger partial charge in [0, 0.05) is 6.42 Å². The van der Waals surface area contributed by atoms with Gasteiger partial charge in [0.2, 0.25) is 0 Å². The number of nitrogens with one attached hydrogen (secondary N) is 1. The van der Waals surface area contributed by atoms with E-state index in [-0.39, 0.29) is 30.0 Å². The zero-order chi connectivity index (χ0) is 13.6. The molecule has 3 atom stereocenters. The van der Waals surface area contributed by atoms with Crippen LogP contribution in [0.25, 0.3) is 0 Å². The number of carboxylic acids is 1. The topological polar surface area (TPSA) is 108 Å². The lowest BCUT2D eigenvalue weighted by molar-refractivity contribution is -0.263. The molecule has 2 aliphatic rings.